The number of ether oxygens (including phenoxy) is 2. The summed E-state index contributed by atoms with van der Waals surface area (Å²) in [5.41, 5.74) is -1.89. The molecule has 0 saturated heterocycles. The molecule has 1 aliphatic rings. The monoisotopic (exact) mass is 652 g/mol. The summed E-state index contributed by atoms with van der Waals surface area (Å²) in [5.74, 6) is 0.370. The molecule has 0 aliphatic heterocycles. The van der Waals surface area contributed by atoms with Gasteiger partial charge in [-0.25, -0.2) is 22.0 Å². The normalized spacial score (nSPS) is 16.3. The maximum absolute atomic E-state index is 14.8. The Kier molecular flexibility index (Phi) is 10.4. The quantitative estimate of drug-likeness (QED) is 0.144. The molecule has 0 N–H and O–H groups in total. The van der Waals surface area contributed by atoms with Crippen molar-refractivity contribution in [2.45, 2.75) is 38.2 Å². The number of hydrogen-bond acceptors (Lipinski definition) is 2. The van der Waals surface area contributed by atoms with Crippen molar-refractivity contribution >= 4 is 0 Å². The fourth-order valence-corrected chi connectivity index (χ4v) is 4.17. The number of halogens is 10. The SMILES string of the molecule is CCCCOC1=CC(F)C(C(F)(F)Oc2ccc(C#Cc3ccc(C#Cc4cc(F)c(C(F)(F)F)c(F)c4)cc3)c(F)c2)C(F)=C1. The van der Waals surface area contributed by atoms with Crippen LogP contribution in [-0.4, -0.2) is 18.9 Å². The maximum Gasteiger partial charge on any atom is 0.422 e. The van der Waals surface area contributed by atoms with Gasteiger partial charge in [0.15, 0.2) is 0 Å². The van der Waals surface area contributed by atoms with E-state index in [-0.39, 0.29) is 23.5 Å². The van der Waals surface area contributed by atoms with Gasteiger partial charge in [0.2, 0.25) is 0 Å². The van der Waals surface area contributed by atoms with Crippen molar-refractivity contribution in [3.8, 4) is 29.4 Å². The van der Waals surface area contributed by atoms with E-state index in [2.05, 4.69) is 28.4 Å². The minimum atomic E-state index is -5.20. The molecule has 46 heavy (non-hydrogen) atoms. The lowest BCUT2D eigenvalue weighted by Gasteiger charge is -2.29. The van der Waals surface area contributed by atoms with Gasteiger partial charge in [0.25, 0.3) is 0 Å². The first kappa shape index (κ1) is 34.0. The molecule has 0 amide bonds. The van der Waals surface area contributed by atoms with E-state index < -0.39 is 59.0 Å². The van der Waals surface area contributed by atoms with Gasteiger partial charge in [-0.1, -0.05) is 37.0 Å². The standard InChI is InChI=1S/C34H22F10O2/c1-2-3-14-45-25-18-29(38)32(30(39)19-25)34(43,44)46-24-13-12-23(26(35)17-24)11-10-21-6-4-20(5-7-21)8-9-22-15-27(36)31(28(37)16-22)33(40,41)42/h4-7,12-13,15-19,29,32H,2-3,14H2,1H3. The Morgan fingerprint density at radius 3 is 1.87 bits per heavy atom. The summed E-state index contributed by atoms with van der Waals surface area (Å²) in [6.45, 7) is 2.03. The van der Waals surface area contributed by atoms with Gasteiger partial charge < -0.3 is 9.47 Å². The van der Waals surface area contributed by atoms with Gasteiger partial charge in [0.05, 0.1) is 12.2 Å². The molecular weight excluding hydrogens is 630 g/mol. The zero-order valence-corrected chi connectivity index (χ0v) is 23.7. The second-order valence-corrected chi connectivity index (χ2v) is 9.92. The second kappa shape index (κ2) is 14.1. The van der Waals surface area contributed by atoms with Crippen molar-refractivity contribution in [3.05, 3.63) is 124 Å². The predicted octanol–water partition coefficient (Wildman–Crippen LogP) is 9.42. The lowest BCUT2D eigenvalue weighted by molar-refractivity contribution is -0.219. The van der Waals surface area contributed by atoms with Crippen molar-refractivity contribution in [1.82, 2.24) is 0 Å². The number of benzene rings is 3. The molecule has 4 rings (SSSR count). The van der Waals surface area contributed by atoms with E-state index in [9.17, 15) is 43.9 Å². The van der Waals surface area contributed by atoms with Crippen LogP contribution in [0.1, 0.15) is 47.6 Å². The average Bonchev–Trinajstić information content (AvgIpc) is 2.94. The van der Waals surface area contributed by atoms with E-state index in [0.29, 0.717) is 41.8 Å². The summed E-state index contributed by atoms with van der Waals surface area (Å²) in [4.78, 5) is 0. The number of rotatable bonds is 7. The van der Waals surface area contributed by atoms with Crippen LogP contribution >= 0.6 is 0 Å². The van der Waals surface area contributed by atoms with Gasteiger partial charge in [-0.15, -0.1) is 0 Å². The van der Waals surface area contributed by atoms with Crippen LogP contribution in [0.3, 0.4) is 0 Å². The number of allylic oxidation sites excluding steroid dienone is 2. The highest BCUT2D eigenvalue weighted by Crippen LogP contribution is 2.41. The van der Waals surface area contributed by atoms with Gasteiger partial charge in [0.1, 0.15) is 52.4 Å². The Labute approximate surface area is 257 Å². The Morgan fingerprint density at radius 1 is 0.739 bits per heavy atom. The lowest BCUT2D eigenvalue weighted by Crippen LogP contribution is -2.41. The third-order valence-electron chi connectivity index (χ3n) is 6.45. The van der Waals surface area contributed by atoms with E-state index in [1.165, 1.54) is 24.3 Å². The zero-order valence-electron chi connectivity index (χ0n) is 23.7. The van der Waals surface area contributed by atoms with Crippen LogP contribution in [0.2, 0.25) is 0 Å². The maximum atomic E-state index is 14.8. The molecule has 1 aliphatic carbocycles. The summed E-state index contributed by atoms with van der Waals surface area (Å²) in [7, 11) is 0. The van der Waals surface area contributed by atoms with Crippen LogP contribution in [0.4, 0.5) is 43.9 Å². The van der Waals surface area contributed by atoms with Gasteiger partial charge in [-0.3, -0.25) is 0 Å². The molecule has 2 atom stereocenters. The fourth-order valence-electron chi connectivity index (χ4n) is 4.17. The molecule has 0 aromatic heterocycles. The first-order valence-corrected chi connectivity index (χ1v) is 13.6. The van der Waals surface area contributed by atoms with Crippen LogP contribution in [0.15, 0.2) is 78.3 Å². The summed E-state index contributed by atoms with van der Waals surface area (Å²) in [6.07, 6.45) is -9.32. The van der Waals surface area contributed by atoms with Crippen molar-refractivity contribution in [2.75, 3.05) is 6.61 Å². The van der Waals surface area contributed by atoms with Crippen molar-refractivity contribution < 1.29 is 53.4 Å². The molecule has 2 unspecified atom stereocenters. The van der Waals surface area contributed by atoms with E-state index in [0.717, 1.165) is 24.6 Å². The Bertz CT molecular complexity index is 1740. The molecular formula is C34H22F10O2. The molecule has 0 spiro atoms. The molecule has 0 heterocycles. The third-order valence-corrected chi connectivity index (χ3v) is 6.45. The van der Waals surface area contributed by atoms with Crippen molar-refractivity contribution in [2.24, 2.45) is 5.92 Å². The van der Waals surface area contributed by atoms with E-state index >= 15 is 0 Å². The molecule has 0 saturated carbocycles. The average molecular weight is 653 g/mol. The summed E-state index contributed by atoms with van der Waals surface area (Å²) < 4.78 is 148. The highest BCUT2D eigenvalue weighted by atomic mass is 19.4. The Balaban J connectivity index is 1.42. The van der Waals surface area contributed by atoms with E-state index in [1.807, 2.05) is 6.92 Å². The Morgan fingerprint density at radius 2 is 1.33 bits per heavy atom. The first-order valence-electron chi connectivity index (χ1n) is 13.6. The largest absolute Gasteiger partial charge is 0.494 e. The summed E-state index contributed by atoms with van der Waals surface area (Å²) >= 11 is 0. The van der Waals surface area contributed by atoms with Crippen molar-refractivity contribution in [3.63, 3.8) is 0 Å². The van der Waals surface area contributed by atoms with Gasteiger partial charge in [-0.2, -0.15) is 22.0 Å². The Hall–Kier alpha value is -4.84. The fraction of sp³-hybridized carbons (Fsp3) is 0.235. The minimum absolute atomic E-state index is 0.159. The molecule has 0 bridgehead atoms. The minimum Gasteiger partial charge on any atom is -0.494 e. The molecule has 0 fully saturated rings. The number of unbranched alkanes of at least 4 members (excludes halogenated alkanes) is 1. The van der Waals surface area contributed by atoms with E-state index in [1.54, 1.807) is 0 Å². The van der Waals surface area contributed by atoms with Gasteiger partial charge >= 0.3 is 12.3 Å². The number of alkyl halides is 6. The third kappa shape index (κ3) is 8.45. The molecule has 12 heteroatoms. The van der Waals surface area contributed by atoms with Crippen LogP contribution in [-0.2, 0) is 10.9 Å². The summed E-state index contributed by atoms with van der Waals surface area (Å²) in [6, 6.07) is 9.30. The highest BCUT2D eigenvalue weighted by Gasteiger charge is 2.51. The molecule has 240 valence electrons. The highest BCUT2D eigenvalue weighted by molar-refractivity contribution is 5.49. The van der Waals surface area contributed by atoms with Crippen LogP contribution in [0, 0.1) is 47.1 Å². The summed E-state index contributed by atoms with van der Waals surface area (Å²) in [5, 5.41) is 0. The first-order chi connectivity index (χ1) is 21.7. The molecule has 3 aromatic carbocycles. The second-order valence-electron chi connectivity index (χ2n) is 9.92. The molecule has 3 aromatic rings. The zero-order chi connectivity index (χ0) is 33.6. The van der Waals surface area contributed by atoms with Crippen LogP contribution in [0.25, 0.3) is 0 Å². The smallest absolute Gasteiger partial charge is 0.422 e. The van der Waals surface area contributed by atoms with Crippen molar-refractivity contribution in [1.29, 1.82) is 0 Å². The van der Waals surface area contributed by atoms with Crippen LogP contribution in [0.5, 0.6) is 5.75 Å². The molecule has 2 nitrogen and oxygen atoms in total. The van der Waals surface area contributed by atoms with E-state index in [4.69, 9.17) is 4.74 Å². The lowest BCUT2D eigenvalue weighted by atomic mass is 9.95. The predicted molar refractivity (Wildman–Crippen MR) is 148 cm³/mol. The van der Waals surface area contributed by atoms with Gasteiger partial charge in [0, 0.05) is 28.8 Å². The van der Waals surface area contributed by atoms with Crippen LogP contribution < -0.4 is 4.74 Å². The molecule has 0 radical (unpaired) electrons. The topological polar surface area (TPSA) is 18.5 Å². The van der Waals surface area contributed by atoms with Gasteiger partial charge in [-0.05, 0) is 61.0 Å². The number of hydrogen-bond donors (Lipinski definition) is 0.